The molecule has 3 N–H and O–H groups in total. The van der Waals surface area contributed by atoms with E-state index >= 15 is 0 Å². The molecule has 7 heteroatoms. The quantitative estimate of drug-likeness (QED) is 0.473. The zero-order valence-corrected chi connectivity index (χ0v) is 19.3. The molecule has 0 bridgehead atoms. The van der Waals surface area contributed by atoms with Crippen molar-refractivity contribution >= 4 is 5.95 Å². The Balaban J connectivity index is 1.65. The summed E-state index contributed by atoms with van der Waals surface area (Å²) in [7, 11) is 0. The lowest BCUT2D eigenvalue weighted by Gasteiger charge is -2.18. The average molecular weight is 452 g/mol. The second kappa shape index (κ2) is 8.93. The van der Waals surface area contributed by atoms with Crippen molar-refractivity contribution in [3.8, 4) is 28.6 Å². The highest BCUT2D eigenvalue weighted by atomic mass is 16.3. The average Bonchev–Trinajstić information content (AvgIpc) is 2.80. The van der Waals surface area contributed by atoms with Gasteiger partial charge >= 0.3 is 0 Å². The van der Waals surface area contributed by atoms with Crippen molar-refractivity contribution in [2.75, 3.05) is 5.73 Å². The molecule has 0 aliphatic rings. The van der Waals surface area contributed by atoms with Crippen molar-refractivity contribution in [1.29, 1.82) is 5.26 Å². The van der Waals surface area contributed by atoms with Crippen molar-refractivity contribution in [2.45, 2.75) is 32.9 Å². The molecular formula is C27H25N5O2. The van der Waals surface area contributed by atoms with Crippen LogP contribution in [-0.4, -0.2) is 19.6 Å². The van der Waals surface area contributed by atoms with Crippen LogP contribution in [-0.2, 0) is 12.1 Å². The molecule has 170 valence electrons. The Bertz CT molecular complexity index is 1460. The molecular weight excluding hydrogens is 426 g/mol. The summed E-state index contributed by atoms with van der Waals surface area (Å²) in [5, 5.41) is 19.4. The second-order valence-electron chi connectivity index (χ2n) is 8.72. The Labute approximate surface area is 197 Å². The van der Waals surface area contributed by atoms with Crippen LogP contribution < -0.4 is 11.3 Å². The third-order valence-corrected chi connectivity index (χ3v) is 5.78. The molecule has 0 unspecified atom stereocenters. The van der Waals surface area contributed by atoms with E-state index in [1.165, 1.54) is 6.07 Å². The van der Waals surface area contributed by atoms with Gasteiger partial charge in [0.1, 0.15) is 0 Å². The van der Waals surface area contributed by atoms with Gasteiger partial charge in [-0.2, -0.15) is 5.26 Å². The van der Waals surface area contributed by atoms with E-state index in [2.05, 4.69) is 16.0 Å². The first kappa shape index (κ1) is 22.9. The van der Waals surface area contributed by atoms with E-state index in [4.69, 9.17) is 5.73 Å². The summed E-state index contributed by atoms with van der Waals surface area (Å²) in [6.45, 7) is 5.74. The van der Waals surface area contributed by atoms with E-state index in [1.54, 1.807) is 42.8 Å². The number of hydrogen-bond donors (Lipinski definition) is 2. The summed E-state index contributed by atoms with van der Waals surface area (Å²) in [5.41, 5.74) is 10.6. The number of nitriles is 1. The zero-order chi connectivity index (χ0) is 24.5. The lowest BCUT2D eigenvalue weighted by atomic mass is 9.97. The van der Waals surface area contributed by atoms with E-state index in [-0.39, 0.29) is 11.5 Å². The first-order valence-corrected chi connectivity index (χ1v) is 10.8. The number of hydrogen-bond acceptors (Lipinski definition) is 6. The molecule has 0 atom stereocenters. The molecule has 4 rings (SSSR count). The maximum absolute atomic E-state index is 12.8. The van der Waals surface area contributed by atoms with Crippen molar-refractivity contribution < 1.29 is 5.11 Å². The summed E-state index contributed by atoms with van der Waals surface area (Å²) < 4.78 is 1.61. The Morgan fingerprint density at radius 1 is 1.06 bits per heavy atom. The number of nitrogen functional groups attached to an aromatic ring is 1. The van der Waals surface area contributed by atoms with Gasteiger partial charge in [0.05, 0.1) is 35.2 Å². The van der Waals surface area contributed by atoms with Crippen LogP contribution in [0.3, 0.4) is 0 Å². The number of nitrogens with zero attached hydrogens (tertiary/aromatic N) is 4. The second-order valence-corrected chi connectivity index (χ2v) is 8.72. The van der Waals surface area contributed by atoms with E-state index in [0.717, 1.165) is 22.3 Å². The molecule has 4 aromatic rings. The highest BCUT2D eigenvalue weighted by Crippen LogP contribution is 2.28. The molecule has 0 aliphatic heterocycles. The Hall–Kier alpha value is -4.28. The van der Waals surface area contributed by atoms with E-state index in [0.29, 0.717) is 29.1 Å². The number of anilines is 1. The van der Waals surface area contributed by atoms with Crippen LogP contribution in [0.5, 0.6) is 0 Å². The van der Waals surface area contributed by atoms with Gasteiger partial charge in [-0.3, -0.25) is 4.79 Å². The summed E-state index contributed by atoms with van der Waals surface area (Å²) in [6.07, 6.45) is 1.72. The number of nitrogens with two attached hydrogens (primary N) is 1. The van der Waals surface area contributed by atoms with E-state index < -0.39 is 5.60 Å². The Morgan fingerprint density at radius 3 is 2.41 bits per heavy atom. The minimum absolute atomic E-state index is 0.0883. The van der Waals surface area contributed by atoms with Crippen LogP contribution in [0.25, 0.3) is 22.5 Å². The third kappa shape index (κ3) is 4.72. The SMILES string of the molecule is Cc1c(C#N)cccc1-c1cc(-c2ccn(Cc3ccc(C(C)(C)O)cc3)c(=O)c2)nc(N)n1. The molecule has 2 aromatic heterocycles. The zero-order valence-electron chi connectivity index (χ0n) is 19.3. The Morgan fingerprint density at radius 2 is 1.76 bits per heavy atom. The highest BCUT2D eigenvalue weighted by Gasteiger charge is 2.15. The van der Waals surface area contributed by atoms with Crippen LogP contribution in [0.2, 0.25) is 0 Å². The van der Waals surface area contributed by atoms with Crippen molar-refractivity contribution in [1.82, 2.24) is 14.5 Å². The molecule has 0 radical (unpaired) electrons. The van der Waals surface area contributed by atoms with Crippen molar-refractivity contribution in [3.63, 3.8) is 0 Å². The molecule has 7 nitrogen and oxygen atoms in total. The van der Waals surface area contributed by atoms with Gasteiger partial charge in [0, 0.05) is 23.4 Å². The lowest BCUT2D eigenvalue weighted by molar-refractivity contribution is 0.0786. The maximum Gasteiger partial charge on any atom is 0.251 e. The largest absolute Gasteiger partial charge is 0.386 e. The molecule has 34 heavy (non-hydrogen) atoms. The molecule has 0 saturated heterocycles. The monoisotopic (exact) mass is 451 g/mol. The lowest BCUT2D eigenvalue weighted by Crippen LogP contribution is -2.19. The van der Waals surface area contributed by atoms with Crippen LogP contribution in [0, 0.1) is 18.3 Å². The van der Waals surface area contributed by atoms with Crippen LogP contribution in [0.1, 0.15) is 36.1 Å². The van der Waals surface area contributed by atoms with Crippen LogP contribution in [0.15, 0.2) is 71.7 Å². The summed E-state index contributed by atoms with van der Waals surface area (Å²) in [4.78, 5) is 21.5. The number of benzene rings is 2. The van der Waals surface area contributed by atoms with Crippen LogP contribution in [0.4, 0.5) is 5.95 Å². The number of pyridine rings is 1. The predicted molar refractivity (Wildman–Crippen MR) is 132 cm³/mol. The Kier molecular flexibility index (Phi) is 6.01. The van der Waals surface area contributed by atoms with Crippen molar-refractivity contribution in [3.05, 3.63) is 99.5 Å². The van der Waals surface area contributed by atoms with E-state index in [9.17, 15) is 15.2 Å². The van der Waals surface area contributed by atoms with Crippen molar-refractivity contribution in [2.24, 2.45) is 0 Å². The number of aromatic nitrogens is 3. The normalized spacial score (nSPS) is 11.3. The van der Waals surface area contributed by atoms with Gasteiger partial charge in [0.25, 0.3) is 5.56 Å². The first-order chi connectivity index (χ1) is 16.2. The van der Waals surface area contributed by atoms with Gasteiger partial charge in [-0.1, -0.05) is 36.4 Å². The number of aliphatic hydroxyl groups is 1. The van der Waals surface area contributed by atoms with Gasteiger partial charge in [-0.25, -0.2) is 9.97 Å². The standard InChI is InChI=1S/C27H25N5O2/c1-17-20(15-28)5-4-6-22(17)24-14-23(30-26(29)31-24)19-11-12-32(25(33)13-19)16-18-7-9-21(10-8-18)27(2,3)34/h4-14,34H,16H2,1-3H3,(H2,29,30,31). The van der Waals surface area contributed by atoms with Gasteiger partial charge in [-0.15, -0.1) is 0 Å². The summed E-state index contributed by atoms with van der Waals surface area (Å²) in [5.74, 6) is 0.0883. The smallest absolute Gasteiger partial charge is 0.251 e. The minimum Gasteiger partial charge on any atom is -0.386 e. The fourth-order valence-electron chi connectivity index (χ4n) is 3.80. The number of rotatable bonds is 5. The van der Waals surface area contributed by atoms with Crippen LogP contribution >= 0.6 is 0 Å². The topological polar surface area (TPSA) is 118 Å². The molecule has 0 fully saturated rings. The molecule has 0 amide bonds. The molecule has 0 spiro atoms. The molecule has 2 heterocycles. The van der Waals surface area contributed by atoms with Gasteiger partial charge in [0.2, 0.25) is 5.95 Å². The summed E-state index contributed by atoms with van der Waals surface area (Å²) >= 11 is 0. The van der Waals surface area contributed by atoms with Gasteiger partial charge in [0.15, 0.2) is 0 Å². The highest BCUT2D eigenvalue weighted by molar-refractivity contribution is 5.72. The summed E-state index contributed by atoms with van der Waals surface area (Å²) in [6, 6.07) is 20.3. The van der Waals surface area contributed by atoms with Gasteiger partial charge < -0.3 is 15.4 Å². The molecule has 2 aromatic carbocycles. The fraction of sp³-hybridized carbons (Fsp3) is 0.185. The minimum atomic E-state index is -0.913. The molecule has 0 saturated carbocycles. The predicted octanol–water partition coefficient (Wildman–Crippen LogP) is 4.01. The maximum atomic E-state index is 12.8. The van der Waals surface area contributed by atoms with E-state index in [1.807, 2.05) is 43.3 Å². The third-order valence-electron chi connectivity index (χ3n) is 5.78. The first-order valence-electron chi connectivity index (χ1n) is 10.8. The molecule has 0 aliphatic carbocycles. The fourth-order valence-corrected chi connectivity index (χ4v) is 3.80. The van der Waals surface area contributed by atoms with Gasteiger partial charge in [-0.05, 0) is 55.7 Å².